The lowest BCUT2D eigenvalue weighted by molar-refractivity contribution is 0.877. The Morgan fingerprint density at radius 1 is 1.54 bits per heavy atom. The molecule has 1 radical (unpaired) electrons. The zero-order valence-electron chi connectivity index (χ0n) is 6.81. The third kappa shape index (κ3) is 1.30. The van der Waals surface area contributed by atoms with E-state index in [4.69, 9.17) is 5.26 Å². The van der Waals surface area contributed by atoms with E-state index in [9.17, 15) is 0 Å². The second kappa shape index (κ2) is 3.11. The highest BCUT2D eigenvalue weighted by molar-refractivity contribution is 5.47. The summed E-state index contributed by atoms with van der Waals surface area (Å²) in [4.78, 5) is 0. The van der Waals surface area contributed by atoms with Crippen molar-refractivity contribution in [2.45, 2.75) is 0 Å². The Hall–Kier alpha value is -2.08. The standard InChI is InChI=1S/C10H6N3/c11-8-9-4-1-2-5-10(9)13-7-3-6-12-13/h2-7H. The van der Waals surface area contributed by atoms with Crippen LogP contribution >= 0.6 is 0 Å². The van der Waals surface area contributed by atoms with E-state index >= 15 is 0 Å². The molecule has 1 aromatic heterocycles. The molecule has 2 rings (SSSR count). The predicted molar refractivity (Wildman–Crippen MR) is 47.1 cm³/mol. The van der Waals surface area contributed by atoms with Gasteiger partial charge < -0.3 is 0 Å². The van der Waals surface area contributed by atoms with Gasteiger partial charge >= 0.3 is 0 Å². The second-order valence-corrected chi connectivity index (χ2v) is 2.51. The fraction of sp³-hybridized carbons (Fsp3) is 0. The van der Waals surface area contributed by atoms with Gasteiger partial charge in [-0.15, -0.1) is 0 Å². The predicted octanol–water partition coefficient (Wildman–Crippen LogP) is 1.54. The summed E-state index contributed by atoms with van der Waals surface area (Å²) in [6, 6.07) is 12.0. The van der Waals surface area contributed by atoms with E-state index in [1.54, 1.807) is 29.2 Å². The highest BCUT2D eigenvalue weighted by Gasteiger charge is 2.01. The molecule has 0 saturated heterocycles. The molecule has 0 atom stereocenters. The van der Waals surface area contributed by atoms with Crippen LogP contribution in [0, 0.1) is 17.4 Å². The van der Waals surface area contributed by atoms with Crippen LogP contribution in [0.15, 0.2) is 36.7 Å². The summed E-state index contributed by atoms with van der Waals surface area (Å²) in [5.74, 6) is 0. The monoisotopic (exact) mass is 168 g/mol. The molecule has 0 saturated carbocycles. The van der Waals surface area contributed by atoms with Crippen molar-refractivity contribution in [2.24, 2.45) is 0 Å². The third-order valence-corrected chi connectivity index (χ3v) is 1.71. The van der Waals surface area contributed by atoms with E-state index in [0.29, 0.717) is 5.56 Å². The van der Waals surface area contributed by atoms with Crippen LogP contribution < -0.4 is 0 Å². The molecule has 61 valence electrons. The first-order chi connectivity index (χ1) is 6.42. The van der Waals surface area contributed by atoms with Crippen LogP contribution in [0.1, 0.15) is 5.56 Å². The molecule has 0 N–H and O–H groups in total. The van der Waals surface area contributed by atoms with E-state index in [1.165, 1.54) is 0 Å². The van der Waals surface area contributed by atoms with Crippen LogP contribution in [0.5, 0.6) is 0 Å². The zero-order chi connectivity index (χ0) is 9.10. The minimum atomic E-state index is 0.575. The highest BCUT2D eigenvalue weighted by atomic mass is 15.3. The molecule has 1 heterocycles. The summed E-state index contributed by atoms with van der Waals surface area (Å²) in [5.41, 5.74) is 1.36. The molecule has 13 heavy (non-hydrogen) atoms. The number of aromatic nitrogens is 2. The Bertz CT molecular complexity index is 437. The van der Waals surface area contributed by atoms with Gasteiger partial charge in [0.15, 0.2) is 0 Å². The van der Waals surface area contributed by atoms with Crippen LogP contribution in [0.2, 0.25) is 0 Å². The highest BCUT2D eigenvalue weighted by Crippen LogP contribution is 2.10. The summed E-state index contributed by atoms with van der Waals surface area (Å²) in [6.45, 7) is 0. The lowest BCUT2D eigenvalue weighted by Crippen LogP contribution is -1.96. The Kier molecular flexibility index (Phi) is 1.81. The first-order valence-electron chi connectivity index (χ1n) is 3.82. The van der Waals surface area contributed by atoms with Crippen molar-refractivity contribution in [3.05, 3.63) is 48.3 Å². The number of nitriles is 1. The van der Waals surface area contributed by atoms with Gasteiger partial charge in [0.2, 0.25) is 0 Å². The van der Waals surface area contributed by atoms with Gasteiger partial charge in [-0.2, -0.15) is 10.4 Å². The number of hydrogen-bond donors (Lipinski definition) is 0. The van der Waals surface area contributed by atoms with Crippen LogP contribution in [-0.4, -0.2) is 9.78 Å². The molecule has 1 aromatic carbocycles. The fourth-order valence-corrected chi connectivity index (χ4v) is 1.12. The van der Waals surface area contributed by atoms with E-state index < -0.39 is 0 Å². The zero-order valence-corrected chi connectivity index (χ0v) is 6.81. The molecular formula is C10H6N3. The topological polar surface area (TPSA) is 41.6 Å². The average molecular weight is 168 g/mol. The molecule has 3 nitrogen and oxygen atoms in total. The van der Waals surface area contributed by atoms with Crippen LogP contribution in [0.4, 0.5) is 0 Å². The van der Waals surface area contributed by atoms with Gasteiger partial charge in [0, 0.05) is 12.4 Å². The van der Waals surface area contributed by atoms with Crippen molar-refractivity contribution in [2.75, 3.05) is 0 Å². The summed E-state index contributed by atoms with van der Waals surface area (Å²) < 4.78 is 1.66. The molecule has 2 aromatic rings. The van der Waals surface area contributed by atoms with Crippen molar-refractivity contribution in [1.29, 1.82) is 5.26 Å². The van der Waals surface area contributed by atoms with Gasteiger partial charge in [0.05, 0.1) is 11.3 Å². The number of nitrogens with zero attached hydrogens (tertiary/aromatic N) is 3. The normalized spacial score (nSPS) is 9.46. The molecule has 3 heteroatoms. The van der Waals surface area contributed by atoms with Gasteiger partial charge in [0.1, 0.15) is 6.07 Å². The third-order valence-electron chi connectivity index (χ3n) is 1.71. The first kappa shape index (κ1) is 7.56. The molecular weight excluding hydrogens is 162 g/mol. The maximum atomic E-state index is 8.81. The van der Waals surface area contributed by atoms with Crippen molar-refractivity contribution in [3.8, 4) is 11.8 Å². The lowest BCUT2D eigenvalue weighted by Gasteiger charge is -2.01. The fourth-order valence-electron chi connectivity index (χ4n) is 1.12. The molecule has 0 spiro atoms. The average Bonchev–Trinajstić information content (AvgIpc) is 2.70. The Morgan fingerprint density at radius 3 is 3.15 bits per heavy atom. The lowest BCUT2D eigenvalue weighted by atomic mass is 10.2. The molecule has 0 unspecified atom stereocenters. The van der Waals surface area contributed by atoms with Crippen molar-refractivity contribution >= 4 is 0 Å². The molecule has 0 aliphatic carbocycles. The van der Waals surface area contributed by atoms with Gasteiger partial charge in [-0.3, -0.25) is 0 Å². The Balaban J connectivity index is 2.59. The van der Waals surface area contributed by atoms with Crippen LogP contribution in [0.25, 0.3) is 5.69 Å². The first-order valence-corrected chi connectivity index (χ1v) is 3.82. The molecule has 0 bridgehead atoms. The minimum Gasteiger partial charge on any atom is -0.240 e. The summed E-state index contributed by atoms with van der Waals surface area (Å²) in [7, 11) is 0. The minimum absolute atomic E-state index is 0.575. The van der Waals surface area contributed by atoms with E-state index in [2.05, 4.69) is 17.2 Å². The Labute approximate surface area is 75.9 Å². The van der Waals surface area contributed by atoms with Crippen LogP contribution in [0.3, 0.4) is 0 Å². The molecule has 0 amide bonds. The largest absolute Gasteiger partial charge is 0.240 e. The summed E-state index contributed by atoms with van der Waals surface area (Å²) >= 11 is 0. The van der Waals surface area contributed by atoms with Crippen molar-refractivity contribution in [3.63, 3.8) is 0 Å². The van der Waals surface area contributed by atoms with Gasteiger partial charge in [-0.1, -0.05) is 6.07 Å². The van der Waals surface area contributed by atoms with E-state index in [-0.39, 0.29) is 0 Å². The van der Waals surface area contributed by atoms with Gasteiger partial charge in [-0.25, -0.2) is 4.68 Å². The van der Waals surface area contributed by atoms with Crippen molar-refractivity contribution < 1.29 is 0 Å². The smallest absolute Gasteiger partial charge is 0.101 e. The maximum absolute atomic E-state index is 8.81. The molecule has 0 fully saturated rings. The van der Waals surface area contributed by atoms with Crippen molar-refractivity contribution in [1.82, 2.24) is 9.78 Å². The van der Waals surface area contributed by atoms with E-state index in [1.807, 2.05) is 12.1 Å². The number of rotatable bonds is 1. The summed E-state index contributed by atoms with van der Waals surface area (Å²) in [6.07, 6.45) is 3.48. The second-order valence-electron chi connectivity index (χ2n) is 2.51. The quantitative estimate of drug-likeness (QED) is 0.648. The van der Waals surface area contributed by atoms with Gasteiger partial charge in [0.25, 0.3) is 0 Å². The van der Waals surface area contributed by atoms with E-state index in [0.717, 1.165) is 5.69 Å². The number of benzene rings is 1. The Morgan fingerprint density at radius 2 is 2.46 bits per heavy atom. The van der Waals surface area contributed by atoms with Gasteiger partial charge in [-0.05, 0) is 24.3 Å². The molecule has 0 aliphatic heterocycles. The SMILES string of the molecule is N#Cc1c[c]ccc1-n1cccn1. The molecule has 0 aliphatic rings. The summed E-state index contributed by atoms with van der Waals surface area (Å²) in [5, 5.41) is 12.9. The van der Waals surface area contributed by atoms with Crippen LogP contribution in [-0.2, 0) is 0 Å². The maximum Gasteiger partial charge on any atom is 0.101 e. The number of hydrogen-bond acceptors (Lipinski definition) is 2.